The summed E-state index contributed by atoms with van der Waals surface area (Å²) < 4.78 is 1.65. The minimum absolute atomic E-state index is 0.0722. The molecule has 0 unspecified atom stereocenters. The fraction of sp³-hybridized carbons (Fsp3) is 0.263. The Morgan fingerprint density at radius 2 is 2.11 bits per heavy atom. The molecule has 0 radical (unpaired) electrons. The number of anilines is 1. The lowest BCUT2D eigenvalue weighted by Gasteiger charge is -2.34. The summed E-state index contributed by atoms with van der Waals surface area (Å²) in [5.41, 5.74) is 0.602. The van der Waals surface area contributed by atoms with Crippen molar-refractivity contribution in [2.24, 2.45) is 0 Å². The molecule has 0 bridgehead atoms. The second kappa shape index (κ2) is 7.71. The van der Waals surface area contributed by atoms with Crippen molar-refractivity contribution in [2.75, 3.05) is 11.9 Å². The molecule has 8 heteroatoms. The van der Waals surface area contributed by atoms with E-state index in [0.29, 0.717) is 29.3 Å². The lowest BCUT2D eigenvalue weighted by Crippen LogP contribution is -2.49. The first-order valence-electron chi connectivity index (χ1n) is 8.84. The zero-order valence-corrected chi connectivity index (χ0v) is 15.4. The number of carbonyl (C=O) groups is 2. The lowest BCUT2D eigenvalue weighted by atomic mass is 10.0. The van der Waals surface area contributed by atoms with E-state index in [1.807, 2.05) is 17.5 Å². The number of aromatic nitrogens is 3. The highest BCUT2D eigenvalue weighted by molar-refractivity contribution is 7.12. The minimum atomic E-state index is -0.459. The van der Waals surface area contributed by atoms with Gasteiger partial charge in [-0.2, -0.15) is 5.10 Å². The average Bonchev–Trinajstić information content (AvgIpc) is 3.42. The second-order valence-electron chi connectivity index (χ2n) is 6.33. The van der Waals surface area contributed by atoms with Crippen LogP contribution < -0.4 is 5.32 Å². The number of pyridine rings is 1. The molecule has 138 valence electrons. The van der Waals surface area contributed by atoms with E-state index in [4.69, 9.17) is 0 Å². The van der Waals surface area contributed by atoms with Crippen LogP contribution in [0.4, 0.5) is 5.69 Å². The normalized spacial score (nSPS) is 16.9. The van der Waals surface area contributed by atoms with Crippen LogP contribution >= 0.6 is 11.3 Å². The maximum Gasteiger partial charge on any atom is 0.264 e. The van der Waals surface area contributed by atoms with Crippen LogP contribution in [0.1, 0.15) is 28.9 Å². The summed E-state index contributed by atoms with van der Waals surface area (Å²) in [7, 11) is 0. The quantitative estimate of drug-likeness (QED) is 0.753. The number of likely N-dealkylation sites (tertiary alicyclic amines) is 1. The zero-order chi connectivity index (χ0) is 18.6. The molecule has 0 saturated carbocycles. The summed E-state index contributed by atoms with van der Waals surface area (Å²) in [4.78, 5) is 32.2. The van der Waals surface area contributed by atoms with Crippen LogP contribution in [0, 0.1) is 0 Å². The Kier molecular flexibility index (Phi) is 4.97. The standard InChI is InChI=1S/C19H19N5O2S/c25-18(22-14-7-8-17(20-13-14)24-11-4-9-21-24)15-5-1-2-10-23(15)19(26)16-6-3-12-27-16/h3-4,6-9,11-13,15H,1-2,5,10H2,(H,22,25)/t15-/m1/s1. The van der Waals surface area contributed by atoms with Gasteiger partial charge in [-0.05, 0) is 48.9 Å². The molecule has 4 heterocycles. The first-order valence-corrected chi connectivity index (χ1v) is 9.72. The van der Waals surface area contributed by atoms with Gasteiger partial charge in [0.1, 0.15) is 6.04 Å². The van der Waals surface area contributed by atoms with Gasteiger partial charge < -0.3 is 10.2 Å². The summed E-state index contributed by atoms with van der Waals surface area (Å²) in [5, 5.41) is 8.89. The molecular formula is C19H19N5O2S. The van der Waals surface area contributed by atoms with Crippen LogP contribution in [0.5, 0.6) is 0 Å². The summed E-state index contributed by atoms with van der Waals surface area (Å²) >= 11 is 1.40. The molecule has 1 aliphatic heterocycles. The molecule has 0 aromatic carbocycles. The van der Waals surface area contributed by atoms with Gasteiger partial charge in [0.2, 0.25) is 5.91 Å². The predicted molar refractivity (Wildman–Crippen MR) is 103 cm³/mol. The second-order valence-corrected chi connectivity index (χ2v) is 7.28. The van der Waals surface area contributed by atoms with Gasteiger partial charge in [-0.1, -0.05) is 6.07 Å². The number of thiophene rings is 1. The van der Waals surface area contributed by atoms with Gasteiger partial charge in [0.05, 0.1) is 16.8 Å². The average molecular weight is 381 g/mol. The molecule has 1 fully saturated rings. The third-order valence-corrected chi connectivity index (χ3v) is 5.41. The molecule has 1 saturated heterocycles. The van der Waals surface area contributed by atoms with E-state index in [0.717, 1.165) is 12.8 Å². The van der Waals surface area contributed by atoms with Gasteiger partial charge in [-0.3, -0.25) is 9.59 Å². The SMILES string of the molecule is O=C(Nc1ccc(-n2cccn2)nc1)[C@H]1CCCCN1C(=O)c1cccs1. The molecule has 3 aromatic rings. The van der Waals surface area contributed by atoms with Crippen LogP contribution in [-0.2, 0) is 4.79 Å². The van der Waals surface area contributed by atoms with E-state index in [-0.39, 0.29) is 11.8 Å². The summed E-state index contributed by atoms with van der Waals surface area (Å²) in [6.07, 6.45) is 7.60. The van der Waals surface area contributed by atoms with Crippen LogP contribution in [0.25, 0.3) is 5.82 Å². The fourth-order valence-corrected chi connectivity index (χ4v) is 3.89. The van der Waals surface area contributed by atoms with Gasteiger partial charge >= 0.3 is 0 Å². The number of rotatable bonds is 4. The van der Waals surface area contributed by atoms with E-state index >= 15 is 0 Å². The van der Waals surface area contributed by atoms with Crippen LogP contribution in [-0.4, -0.2) is 44.1 Å². The zero-order valence-electron chi connectivity index (χ0n) is 14.6. The fourth-order valence-electron chi connectivity index (χ4n) is 3.21. The van der Waals surface area contributed by atoms with Crippen molar-refractivity contribution >= 4 is 28.8 Å². The van der Waals surface area contributed by atoms with Crippen molar-refractivity contribution in [1.82, 2.24) is 19.7 Å². The molecule has 4 rings (SSSR count). The largest absolute Gasteiger partial charge is 0.326 e. The Balaban J connectivity index is 1.46. The van der Waals surface area contributed by atoms with Crippen molar-refractivity contribution in [3.05, 3.63) is 59.2 Å². The van der Waals surface area contributed by atoms with E-state index in [9.17, 15) is 9.59 Å². The Bertz CT molecular complexity index is 906. The first-order chi connectivity index (χ1) is 13.2. The number of nitrogens with zero attached hydrogens (tertiary/aromatic N) is 4. The third kappa shape index (κ3) is 3.75. The van der Waals surface area contributed by atoms with Crippen LogP contribution in [0.2, 0.25) is 0 Å². The number of nitrogens with one attached hydrogen (secondary N) is 1. The topological polar surface area (TPSA) is 80.1 Å². The van der Waals surface area contributed by atoms with Gasteiger partial charge in [0.25, 0.3) is 5.91 Å². The van der Waals surface area contributed by atoms with Gasteiger partial charge in [0, 0.05) is 18.9 Å². The molecule has 27 heavy (non-hydrogen) atoms. The highest BCUT2D eigenvalue weighted by atomic mass is 32.1. The van der Waals surface area contributed by atoms with Gasteiger partial charge in [-0.25, -0.2) is 9.67 Å². The number of hydrogen-bond acceptors (Lipinski definition) is 5. The third-order valence-electron chi connectivity index (χ3n) is 4.55. The van der Waals surface area contributed by atoms with Crippen molar-refractivity contribution in [3.63, 3.8) is 0 Å². The number of carbonyl (C=O) groups excluding carboxylic acids is 2. The van der Waals surface area contributed by atoms with E-state index in [2.05, 4.69) is 15.4 Å². The predicted octanol–water partition coefficient (Wildman–Crippen LogP) is 2.96. The summed E-state index contributed by atoms with van der Waals surface area (Å²) in [6.45, 7) is 0.602. The summed E-state index contributed by atoms with van der Waals surface area (Å²) in [5.74, 6) is 0.426. The molecule has 7 nitrogen and oxygen atoms in total. The van der Waals surface area contributed by atoms with Crippen LogP contribution in [0.3, 0.4) is 0 Å². The molecule has 3 aromatic heterocycles. The van der Waals surface area contributed by atoms with Gasteiger partial charge in [-0.15, -0.1) is 11.3 Å². The maximum atomic E-state index is 12.8. The first kappa shape index (κ1) is 17.4. The van der Waals surface area contributed by atoms with E-state index in [1.165, 1.54) is 11.3 Å². The van der Waals surface area contributed by atoms with Gasteiger partial charge in [0.15, 0.2) is 5.82 Å². The highest BCUT2D eigenvalue weighted by Crippen LogP contribution is 2.23. The highest BCUT2D eigenvalue weighted by Gasteiger charge is 2.33. The molecule has 1 N–H and O–H groups in total. The Morgan fingerprint density at radius 1 is 1.19 bits per heavy atom. The number of piperidine rings is 1. The lowest BCUT2D eigenvalue weighted by molar-refractivity contribution is -0.121. The number of hydrogen-bond donors (Lipinski definition) is 1. The van der Waals surface area contributed by atoms with Crippen molar-refractivity contribution < 1.29 is 9.59 Å². The van der Waals surface area contributed by atoms with E-state index < -0.39 is 6.04 Å². The monoisotopic (exact) mass is 381 g/mol. The molecule has 1 aliphatic rings. The summed E-state index contributed by atoms with van der Waals surface area (Å²) in [6, 6.07) is 8.59. The maximum absolute atomic E-state index is 12.8. The molecule has 0 aliphatic carbocycles. The number of amides is 2. The van der Waals surface area contributed by atoms with Crippen molar-refractivity contribution in [3.8, 4) is 5.82 Å². The Hall–Kier alpha value is -3.00. The van der Waals surface area contributed by atoms with Crippen molar-refractivity contribution in [1.29, 1.82) is 0 Å². The smallest absolute Gasteiger partial charge is 0.264 e. The minimum Gasteiger partial charge on any atom is -0.326 e. The van der Waals surface area contributed by atoms with E-state index in [1.54, 1.807) is 46.4 Å². The molecule has 0 spiro atoms. The molecular weight excluding hydrogens is 362 g/mol. The molecule has 2 amide bonds. The Morgan fingerprint density at radius 3 is 2.81 bits per heavy atom. The van der Waals surface area contributed by atoms with Crippen LogP contribution in [0.15, 0.2) is 54.3 Å². The molecule has 1 atom stereocenters. The van der Waals surface area contributed by atoms with Crippen molar-refractivity contribution in [2.45, 2.75) is 25.3 Å². The Labute approximate surface area is 160 Å².